The molecule has 0 spiro atoms. The van der Waals surface area contributed by atoms with Gasteiger partial charge in [0.15, 0.2) is 0 Å². The van der Waals surface area contributed by atoms with E-state index in [1.165, 1.54) is 5.56 Å². The summed E-state index contributed by atoms with van der Waals surface area (Å²) in [6.07, 6.45) is 0. The molecule has 1 atom stereocenters. The Balaban J connectivity index is 1.91. The summed E-state index contributed by atoms with van der Waals surface area (Å²) < 4.78 is 27.6. The normalized spacial score (nSPS) is 19.1. The average Bonchev–Trinajstić information content (AvgIpc) is 2.82. The first-order valence-corrected chi connectivity index (χ1v) is 9.84. The van der Waals surface area contributed by atoms with Crippen LogP contribution in [0.2, 0.25) is 5.02 Å². The van der Waals surface area contributed by atoms with E-state index in [1.54, 1.807) is 31.2 Å². The summed E-state index contributed by atoms with van der Waals surface area (Å²) in [5, 5.41) is 0.496. The second-order valence-corrected chi connectivity index (χ2v) is 8.13. The Bertz CT molecular complexity index is 950. The quantitative estimate of drug-likeness (QED) is 0.871. The number of aliphatic imine (C=N–C) groups is 1. The zero-order chi connectivity index (χ0) is 18.0. The minimum Gasteiger partial charge on any atom is -0.267 e. The molecule has 0 amide bonds. The molecule has 2 aromatic rings. The summed E-state index contributed by atoms with van der Waals surface area (Å²) in [5.74, 6) is 0.596. The van der Waals surface area contributed by atoms with Gasteiger partial charge in [-0.3, -0.25) is 9.71 Å². The van der Waals surface area contributed by atoms with Gasteiger partial charge in [0.05, 0.1) is 0 Å². The Morgan fingerprint density at radius 3 is 2.52 bits per heavy atom. The van der Waals surface area contributed by atoms with Gasteiger partial charge < -0.3 is 0 Å². The van der Waals surface area contributed by atoms with Crippen LogP contribution in [0.25, 0.3) is 4.91 Å². The highest BCUT2D eigenvalue weighted by atomic mass is 35.5. The highest BCUT2D eigenvalue weighted by Crippen LogP contribution is 2.31. The van der Waals surface area contributed by atoms with E-state index in [2.05, 4.69) is 16.6 Å². The predicted octanol–water partition coefficient (Wildman–Crippen LogP) is 4.21. The van der Waals surface area contributed by atoms with E-state index in [4.69, 9.17) is 11.6 Å². The molecule has 1 aliphatic heterocycles. The summed E-state index contributed by atoms with van der Waals surface area (Å²) in [6.45, 7) is 4.33. The van der Waals surface area contributed by atoms with Crippen LogP contribution in [0.3, 0.4) is 0 Å². The first-order valence-electron chi connectivity index (χ1n) is 7.98. The second-order valence-electron chi connectivity index (χ2n) is 6.07. The Hall–Kier alpha value is -2.11. The Kier molecular flexibility index (Phi) is 4.97. The predicted molar refractivity (Wildman–Crippen MR) is 103 cm³/mol. The third kappa shape index (κ3) is 3.78. The van der Waals surface area contributed by atoms with Crippen molar-refractivity contribution in [2.75, 3.05) is 6.54 Å². The molecule has 0 bridgehead atoms. The van der Waals surface area contributed by atoms with E-state index in [0.29, 0.717) is 28.5 Å². The smallest absolute Gasteiger partial charge is 0.264 e. The van der Waals surface area contributed by atoms with E-state index >= 15 is 0 Å². The van der Waals surface area contributed by atoms with E-state index < -0.39 is 10.0 Å². The molecule has 0 aliphatic carbocycles. The molecular formula is C19H19ClN2O2S. The highest BCUT2D eigenvalue weighted by molar-refractivity contribution is 8.00. The van der Waals surface area contributed by atoms with Crippen LogP contribution in [0, 0.1) is 0 Å². The van der Waals surface area contributed by atoms with Gasteiger partial charge in [-0.05, 0) is 30.2 Å². The van der Waals surface area contributed by atoms with Gasteiger partial charge in [0.1, 0.15) is 10.7 Å². The monoisotopic (exact) mass is 374 g/mol. The van der Waals surface area contributed by atoms with E-state index in [-0.39, 0.29) is 10.8 Å². The Morgan fingerprint density at radius 1 is 1.12 bits per heavy atom. The van der Waals surface area contributed by atoms with Gasteiger partial charge in [0, 0.05) is 23.1 Å². The lowest BCUT2D eigenvalue weighted by atomic mass is 10.0. The standard InChI is InChI=1S/C19H19ClN2O2S/c1-13(15-7-4-3-5-8-15)12-21-19-14(2)18(25(23,24)22-19)16-9-6-10-17(20)11-16/h3-11,13H,12H2,1-2H3,(H,21,22)/t13-/m1/s1. The van der Waals surface area contributed by atoms with Gasteiger partial charge in [-0.15, -0.1) is 0 Å². The number of rotatable bonds is 4. The fourth-order valence-corrected chi connectivity index (χ4v) is 4.53. The first kappa shape index (κ1) is 17.7. The van der Waals surface area contributed by atoms with Crippen LogP contribution in [0.4, 0.5) is 0 Å². The molecule has 3 rings (SSSR count). The molecule has 0 unspecified atom stereocenters. The molecule has 0 aromatic heterocycles. The van der Waals surface area contributed by atoms with Crippen LogP contribution in [0.5, 0.6) is 0 Å². The van der Waals surface area contributed by atoms with E-state index in [9.17, 15) is 8.42 Å². The second kappa shape index (κ2) is 7.02. The zero-order valence-electron chi connectivity index (χ0n) is 14.0. The number of nitrogens with zero attached hydrogens (tertiary/aromatic N) is 1. The molecule has 6 heteroatoms. The lowest BCUT2D eigenvalue weighted by Crippen LogP contribution is -2.24. The number of nitrogens with one attached hydrogen (secondary N) is 1. The molecule has 25 heavy (non-hydrogen) atoms. The Labute approximate surface area is 153 Å². The van der Waals surface area contributed by atoms with Gasteiger partial charge in [0.25, 0.3) is 10.0 Å². The van der Waals surface area contributed by atoms with Crippen molar-refractivity contribution in [3.63, 3.8) is 0 Å². The van der Waals surface area contributed by atoms with Crippen molar-refractivity contribution in [1.82, 2.24) is 4.72 Å². The molecule has 1 N–H and O–H groups in total. The molecule has 1 aliphatic rings. The average molecular weight is 375 g/mol. The van der Waals surface area contributed by atoms with Crippen molar-refractivity contribution >= 4 is 32.4 Å². The fourth-order valence-electron chi connectivity index (χ4n) is 2.83. The summed E-state index contributed by atoms with van der Waals surface area (Å²) in [5.41, 5.74) is 2.35. The number of hydrogen-bond donors (Lipinski definition) is 1. The molecule has 1 heterocycles. The van der Waals surface area contributed by atoms with E-state index in [0.717, 1.165) is 0 Å². The number of halogens is 1. The van der Waals surface area contributed by atoms with Gasteiger partial charge in [0.2, 0.25) is 0 Å². The van der Waals surface area contributed by atoms with Crippen LogP contribution in [-0.4, -0.2) is 20.8 Å². The zero-order valence-corrected chi connectivity index (χ0v) is 15.6. The molecule has 0 fully saturated rings. The summed E-state index contributed by atoms with van der Waals surface area (Å²) in [7, 11) is -3.63. The van der Waals surface area contributed by atoms with Crippen LogP contribution in [-0.2, 0) is 10.0 Å². The first-order chi connectivity index (χ1) is 11.9. The van der Waals surface area contributed by atoms with Crippen LogP contribution in [0.1, 0.15) is 30.9 Å². The van der Waals surface area contributed by atoms with Crippen molar-refractivity contribution in [3.8, 4) is 0 Å². The molecule has 130 valence electrons. The maximum Gasteiger partial charge on any atom is 0.264 e. The summed E-state index contributed by atoms with van der Waals surface area (Å²) in [4.78, 5) is 4.75. The summed E-state index contributed by atoms with van der Waals surface area (Å²) >= 11 is 6.00. The number of hydrogen-bond acceptors (Lipinski definition) is 3. The molecule has 2 aromatic carbocycles. The van der Waals surface area contributed by atoms with Crippen molar-refractivity contribution < 1.29 is 8.42 Å². The summed E-state index contributed by atoms with van der Waals surface area (Å²) in [6, 6.07) is 16.9. The molecular weight excluding hydrogens is 356 g/mol. The maximum atomic E-state index is 12.5. The third-order valence-corrected chi connectivity index (χ3v) is 5.95. The van der Waals surface area contributed by atoms with Crippen LogP contribution < -0.4 is 4.72 Å². The van der Waals surface area contributed by atoms with Gasteiger partial charge in [-0.2, -0.15) is 0 Å². The minimum absolute atomic E-state index is 0.196. The maximum absolute atomic E-state index is 12.5. The largest absolute Gasteiger partial charge is 0.267 e. The van der Waals surface area contributed by atoms with Crippen molar-refractivity contribution in [2.24, 2.45) is 4.99 Å². The topological polar surface area (TPSA) is 58.5 Å². The van der Waals surface area contributed by atoms with Gasteiger partial charge >= 0.3 is 0 Å². The molecule has 0 saturated heterocycles. The van der Waals surface area contributed by atoms with Crippen LogP contribution in [0.15, 0.2) is 65.2 Å². The molecule has 4 nitrogen and oxygen atoms in total. The molecule has 0 radical (unpaired) electrons. The lowest BCUT2D eigenvalue weighted by Gasteiger charge is -2.09. The SMILES string of the molecule is CC1=C(c2cccc(Cl)c2)S(=O)(=O)NC1=NC[C@@H](C)c1ccccc1. The van der Waals surface area contributed by atoms with Gasteiger partial charge in [-0.1, -0.05) is 61.0 Å². The molecule has 0 saturated carbocycles. The fraction of sp³-hybridized carbons (Fsp3) is 0.211. The minimum atomic E-state index is -3.63. The Morgan fingerprint density at radius 2 is 1.84 bits per heavy atom. The lowest BCUT2D eigenvalue weighted by molar-refractivity contribution is 0.603. The highest BCUT2D eigenvalue weighted by Gasteiger charge is 2.32. The van der Waals surface area contributed by atoms with E-state index in [1.807, 2.05) is 30.3 Å². The van der Waals surface area contributed by atoms with Gasteiger partial charge in [-0.25, -0.2) is 8.42 Å². The number of amidine groups is 1. The number of benzene rings is 2. The van der Waals surface area contributed by atoms with Crippen molar-refractivity contribution in [2.45, 2.75) is 19.8 Å². The number of sulfonamides is 1. The third-order valence-electron chi connectivity index (χ3n) is 4.17. The van der Waals surface area contributed by atoms with Crippen molar-refractivity contribution in [3.05, 3.63) is 76.3 Å². The van der Waals surface area contributed by atoms with Crippen LogP contribution >= 0.6 is 11.6 Å². The van der Waals surface area contributed by atoms with Crippen molar-refractivity contribution in [1.29, 1.82) is 0 Å².